The Labute approximate surface area is 167 Å². The lowest BCUT2D eigenvalue weighted by atomic mass is 10.0. The summed E-state index contributed by atoms with van der Waals surface area (Å²) >= 11 is 0. The van der Waals surface area contributed by atoms with Gasteiger partial charge in [0, 0.05) is 36.3 Å². The van der Waals surface area contributed by atoms with Crippen molar-refractivity contribution < 1.29 is 28.7 Å². The second-order valence-corrected chi connectivity index (χ2v) is 6.73. The van der Waals surface area contributed by atoms with Gasteiger partial charge in [0.25, 0.3) is 5.91 Å². The maximum Gasteiger partial charge on any atom is 0.255 e. The van der Waals surface area contributed by atoms with Gasteiger partial charge in [0.05, 0.1) is 19.8 Å². The molecular formula is C19H24N4O6. The minimum Gasteiger partial charge on any atom is -0.378 e. The lowest BCUT2D eigenvalue weighted by Gasteiger charge is -2.29. The van der Waals surface area contributed by atoms with Crippen molar-refractivity contribution >= 4 is 29.3 Å². The number of piperidine rings is 1. The van der Waals surface area contributed by atoms with E-state index in [2.05, 4.69) is 10.6 Å². The van der Waals surface area contributed by atoms with Gasteiger partial charge in [0.1, 0.15) is 12.6 Å². The smallest absolute Gasteiger partial charge is 0.255 e. The van der Waals surface area contributed by atoms with Gasteiger partial charge >= 0.3 is 0 Å². The van der Waals surface area contributed by atoms with E-state index in [4.69, 9.17) is 15.2 Å². The zero-order valence-electron chi connectivity index (χ0n) is 15.9. The molecule has 2 aliphatic rings. The van der Waals surface area contributed by atoms with E-state index in [9.17, 15) is 19.2 Å². The van der Waals surface area contributed by atoms with Crippen LogP contribution in [-0.4, -0.2) is 67.5 Å². The Morgan fingerprint density at radius 3 is 2.76 bits per heavy atom. The number of nitrogens with two attached hydrogens (primary N) is 1. The number of ether oxygens (including phenoxy) is 2. The molecule has 10 heteroatoms. The molecule has 0 bridgehead atoms. The molecule has 3 rings (SSSR count). The van der Waals surface area contributed by atoms with Gasteiger partial charge in [-0.1, -0.05) is 6.07 Å². The van der Waals surface area contributed by atoms with Crippen LogP contribution in [0.4, 0.5) is 5.69 Å². The molecule has 0 radical (unpaired) electrons. The van der Waals surface area contributed by atoms with Crippen LogP contribution in [0.3, 0.4) is 0 Å². The van der Waals surface area contributed by atoms with Crippen LogP contribution >= 0.6 is 0 Å². The zero-order chi connectivity index (χ0) is 20.8. The van der Waals surface area contributed by atoms with Crippen molar-refractivity contribution in [3.8, 4) is 0 Å². The fourth-order valence-corrected chi connectivity index (χ4v) is 3.36. The Morgan fingerprint density at radius 1 is 1.21 bits per heavy atom. The average Bonchev–Trinajstić information content (AvgIpc) is 3.02. The molecule has 1 aromatic carbocycles. The summed E-state index contributed by atoms with van der Waals surface area (Å²) < 4.78 is 10.4. The number of carbonyl (C=O) groups is 4. The van der Waals surface area contributed by atoms with Gasteiger partial charge in [-0.2, -0.15) is 0 Å². The standard InChI is InChI=1S/C19H24N4O6/c20-6-7-28-8-9-29-11-17(25)21-14-3-1-2-12-13(14)10-23(19(12)27)15-4-5-16(24)22-18(15)26/h1-3,15H,4-11,20H2,(H,21,25)(H,22,24,26). The fourth-order valence-electron chi connectivity index (χ4n) is 3.36. The van der Waals surface area contributed by atoms with E-state index in [0.29, 0.717) is 36.6 Å². The number of amides is 4. The SMILES string of the molecule is NCCOCCOCC(=O)Nc1cccc2c1CN(C1CCC(=O)NC1=O)C2=O. The largest absolute Gasteiger partial charge is 0.378 e. The first-order valence-corrected chi connectivity index (χ1v) is 9.43. The third-order valence-corrected chi connectivity index (χ3v) is 4.72. The van der Waals surface area contributed by atoms with E-state index < -0.39 is 11.9 Å². The Kier molecular flexibility index (Phi) is 6.91. The summed E-state index contributed by atoms with van der Waals surface area (Å²) in [7, 11) is 0. The third kappa shape index (κ3) is 4.97. The number of rotatable bonds is 9. The van der Waals surface area contributed by atoms with Gasteiger partial charge in [0.15, 0.2) is 0 Å². The van der Waals surface area contributed by atoms with E-state index in [1.807, 2.05) is 0 Å². The van der Waals surface area contributed by atoms with Gasteiger partial charge in [-0.25, -0.2) is 0 Å². The predicted molar refractivity (Wildman–Crippen MR) is 102 cm³/mol. The molecule has 10 nitrogen and oxygen atoms in total. The predicted octanol–water partition coefficient (Wildman–Crippen LogP) is -0.622. The lowest BCUT2D eigenvalue weighted by Crippen LogP contribution is -2.52. The summed E-state index contributed by atoms with van der Waals surface area (Å²) in [6.07, 6.45) is 0.471. The molecule has 0 aliphatic carbocycles. The summed E-state index contributed by atoms with van der Waals surface area (Å²) in [6.45, 7) is 1.51. The second-order valence-electron chi connectivity index (χ2n) is 6.73. The fraction of sp³-hybridized carbons (Fsp3) is 0.474. The van der Waals surface area contributed by atoms with Crippen molar-refractivity contribution in [2.24, 2.45) is 5.73 Å². The topological polar surface area (TPSA) is 140 Å². The Bertz CT molecular complexity index is 812. The highest BCUT2D eigenvalue weighted by atomic mass is 16.5. The van der Waals surface area contributed by atoms with Crippen LogP contribution in [0.5, 0.6) is 0 Å². The van der Waals surface area contributed by atoms with Crippen LogP contribution in [0.25, 0.3) is 0 Å². The normalized spacial score (nSPS) is 18.6. The Balaban J connectivity index is 1.59. The van der Waals surface area contributed by atoms with Crippen molar-refractivity contribution in [3.63, 3.8) is 0 Å². The van der Waals surface area contributed by atoms with Crippen LogP contribution < -0.4 is 16.4 Å². The number of nitrogens with one attached hydrogen (secondary N) is 2. The van der Waals surface area contributed by atoms with Crippen LogP contribution in [-0.2, 0) is 30.4 Å². The van der Waals surface area contributed by atoms with Gasteiger partial charge in [-0.15, -0.1) is 0 Å². The molecule has 2 heterocycles. The quantitative estimate of drug-likeness (QED) is 0.368. The van der Waals surface area contributed by atoms with Crippen LogP contribution in [0.2, 0.25) is 0 Å². The molecule has 1 fully saturated rings. The molecule has 2 aliphatic heterocycles. The molecule has 4 amide bonds. The summed E-state index contributed by atoms with van der Waals surface area (Å²) in [5.74, 6) is -1.46. The van der Waals surface area contributed by atoms with Crippen molar-refractivity contribution in [1.82, 2.24) is 10.2 Å². The molecule has 29 heavy (non-hydrogen) atoms. The third-order valence-electron chi connectivity index (χ3n) is 4.72. The summed E-state index contributed by atoms with van der Waals surface area (Å²) in [4.78, 5) is 49.8. The van der Waals surface area contributed by atoms with E-state index in [1.165, 1.54) is 4.90 Å². The monoisotopic (exact) mass is 404 g/mol. The number of hydrogen-bond donors (Lipinski definition) is 3. The minimum absolute atomic E-state index is 0.152. The number of fused-ring (bicyclic) bond motifs is 1. The van der Waals surface area contributed by atoms with Gasteiger partial charge in [-0.3, -0.25) is 24.5 Å². The molecule has 4 N–H and O–H groups in total. The highest BCUT2D eigenvalue weighted by Crippen LogP contribution is 2.32. The summed E-state index contributed by atoms with van der Waals surface area (Å²) in [5.41, 5.74) is 6.88. The summed E-state index contributed by atoms with van der Waals surface area (Å²) in [6, 6.07) is 4.32. The maximum atomic E-state index is 12.8. The van der Waals surface area contributed by atoms with Crippen molar-refractivity contribution in [2.75, 3.05) is 38.3 Å². The van der Waals surface area contributed by atoms with Crippen molar-refractivity contribution in [1.29, 1.82) is 0 Å². The molecule has 0 aromatic heterocycles. The van der Waals surface area contributed by atoms with Gasteiger partial charge < -0.3 is 25.4 Å². The highest BCUT2D eigenvalue weighted by molar-refractivity contribution is 6.06. The minimum atomic E-state index is -0.701. The molecule has 0 saturated carbocycles. The number of imide groups is 1. The molecular weight excluding hydrogens is 380 g/mol. The van der Waals surface area contributed by atoms with Crippen LogP contribution in [0.15, 0.2) is 18.2 Å². The Hall–Kier alpha value is -2.82. The highest BCUT2D eigenvalue weighted by Gasteiger charge is 2.39. The average molecular weight is 404 g/mol. The van der Waals surface area contributed by atoms with E-state index in [-0.39, 0.29) is 50.3 Å². The molecule has 1 saturated heterocycles. The molecule has 1 aromatic rings. The van der Waals surface area contributed by atoms with Crippen molar-refractivity contribution in [2.45, 2.75) is 25.4 Å². The molecule has 156 valence electrons. The van der Waals surface area contributed by atoms with Gasteiger partial charge in [-0.05, 0) is 18.6 Å². The first kappa shape index (κ1) is 20.9. The molecule has 1 unspecified atom stereocenters. The maximum absolute atomic E-state index is 12.8. The molecule has 0 spiro atoms. The van der Waals surface area contributed by atoms with Crippen molar-refractivity contribution in [3.05, 3.63) is 29.3 Å². The van der Waals surface area contributed by atoms with E-state index >= 15 is 0 Å². The number of nitrogens with zero attached hydrogens (tertiary/aromatic N) is 1. The first-order chi connectivity index (χ1) is 14.0. The number of hydrogen-bond acceptors (Lipinski definition) is 7. The molecule has 1 atom stereocenters. The van der Waals surface area contributed by atoms with Crippen LogP contribution in [0, 0.1) is 0 Å². The van der Waals surface area contributed by atoms with Gasteiger partial charge in [0.2, 0.25) is 17.7 Å². The Morgan fingerprint density at radius 2 is 2.00 bits per heavy atom. The number of benzene rings is 1. The first-order valence-electron chi connectivity index (χ1n) is 9.43. The van der Waals surface area contributed by atoms with E-state index in [0.717, 1.165) is 0 Å². The van der Waals surface area contributed by atoms with E-state index in [1.54, 1.807) is 18.2 Å². The lowest BCUT2D eigenvalue weighted by molar-refractivity contribution is -0.137. The number of anilines is 1. The van der Waals surface area contributed by atoms with Crippen LogP contribution in [0.1, 0.15) is 28.8 Å². The zero-order valence-corrected chi connectivity index (χ0v) is 15.9. The number of carbonyl (C=O) groups excluding carboxylic acids is 4. The summed E-state index contributed by atoms with van der Waals surface area (Å²) in [5, 5.41) is 5.01. The second kappa shape index (κ2) is 9.59.